The largest absolute Gasteiger partial charge is 0.491 e. The van der Waals surface area contributed by atoms with Crippen molar-refractivity contribution in [2.45, 2.75) is 36.9 Å². The lowest BCUT2D eigenvalue weighted by Crippen LogP contribution is -2.45. The summed E-state index contributed by atoms with van der Waals surface area (Å²) in [6.07, 6.45) is 0.816. The SMILES string of the molecule is CS(=O)(=O)c1ccc(-c2ccc3cc(OCc4ccccc4)ccc3c2Oc2ccc(OCCOCCOCCOCCOc3cccc4c3CN([C@@H](CCC(=O)O)C(N)=O)C4=O)cc2)cc1. The first kappa shape index (κ1) is 48.0. The molecule has 1 aliphatic rings. The van der Waals surface area contributed by atoms with Gasteiger partial charge in [-0.1, -0.05) is 54.6 Å². The van der Waals surface area contributed by atoms with Crippen LogP contribution in [0.25, 0.3) is 21.9 Å². The Balaban J connectivity index is 0.819. The van der Waals surface area contributed by atoms with E-state index < -0.39 is 33.7 Å². The third kappa shape index (κ3) is 13.1. The predicted molar refractivity (Wildman–Crippen MR) is 249 cm³/mol. The average molecular weight is 933 g/mol. The maximum absolute atomic E-state index is 13.0. The Kier molecular flexibility index (Phi) is 16.4. The van der Waals surface area contributed by atoms with Crippen LogP contribution in [-0.4, -0.2) is 101 Å². The zero-order chi connectivity index (χ0) is 47.2. The fourth-order valence-electron chi connectivity index (χ4n) is 7.45. The molecule has 0 aliphatic carbocycles. The molecule has 350 valence electrons. The molecule has 0 unspecified atom stereocenters. The van der Waals surface area contributed by atoms with E-state index in [9.17, 15) is 22.8 Å². The van der Waals surface area contributed by atoms with Crippen molar-refractivity contribution in [3.8, 4) is 39.9 Å². The first-order valence-corrected chi connectivity index (χ1v) is 23.6. The second-order valence-electron chi connectivity index (χ2n) is 15.6. The van der Waals surface area contributed by atoms with Crippen LogP contribution in [0.3, 0.4) is 0 Å². The summed E-state index contributed by atoms with van der Waals surface area (Å²) in [5, 5.41) is 10.8. The van der Waals surface area contributed by atoms with Gasteiger partial charge in [0.1, 0.15) is 54.6 Å². The van der Waals surface area contributed by atoms with Gasteiger partial charge in [-0.25, -0.2) is 8.42 Å². The number of benzene rings is 6. The molecule has 1 aliphatic heterocycles. The van der Waals surface area contributed by atoms with Crippen molar-refractivity contribution in [1.29, 1.82) is 0 Å². The Morgan fingerprint density at radius 1 is 0.687 bits per heavy atom. The monoisotopic (exact) mass is 932 g/mol. The van der Waals surface area contributed by atoms with Crippen molar-refractivity contribution in [1.82, 2.24) is 4.90 Å². The summed E-state index contributed by atoms with van der Waals surface area (Å²) in [6, 6.07) is 37.8. The highest BCUT2D eigenvalue weighted by Crippen LogP contribution is 2.41. The normalized spacial score (nSPS) is 12.7. The lowest BCUT2D eigenvalue weighted by molar-refractivity contribution is -0.137. The fraction of sp³-hybridized carbons (Fsp3) is 0.275. The van der Waals surface area contributed by atoms with Crippen molar-refractivity contribution in [3.05, 3.63) is 144 Å². The molecular formula is C51H52N2O13S. The Hall–Kier alpha value is -6.98. The Bertz CT molecular complexity index is 2750. The van der Waals surface area contributed by atoms with E-state index in [0.717, 1.165) is 33.2 Å². The van der Waals surface area contributed by atoms with Crippen molar-refractivity contribution in [3.63, 3.8) is 0 Å². The number of amides is 2. The van der Waals surface area contributed by atoms with Gasteiger partial charge in [-0.2, -0.15) is 0 Å². The number of fused-ring (bicyclic) bond motifs is 2. The highest BCUT2D eigenvalue weighted by atomic mass is 32.2. The van der Waals surface area contributed by atoms with Crippen molar-refractivity contribution in [2.75, 3.05) is 59.1 Å². The molecule has 7 rings (SSSR count). The lowest BCUT2D eigenvalue weighted by Gasteiger charge is -2.24. The second-order valence-corrected chi connectivity index (χ2v) is 17.6. The van der Waals surface area contributed by atoms with Crippen LogP contribution in [0.15, 0.2) is 132 Å². The van der Waals surface area contributed by atoms with E-state index in [1.807, 2.05) is 84.9 Å². The summed E-state index contributed by atoms with van der Waals surface area (Å²) in [5.41, 5.74) is 9.15. The van der Waals surface area contributed by atoms with Gasteiger partial charge in [0, 0.05) is 34.8 Å². The molecule has 6 aromatic rings. The summed E-state index contributed by atoms with van der Waals surface area (Å²) >= 11 is 0. The van der Waals surface area contributed by atoms with E-state index in [0.29, 0.717) is 80.4 Å². The topological polar surface area (TPSA) is 199 Å². The van der Waals surface area contributed by atoms with Gasteiger partial charge < -0.3 is 48.9 Å². The minimum atomic E-state index is -3.36. The first-order chi connectivity index (χ1) is 32.4. The number of aliphatic carboxylic acids is 1. The number of nitrogens with zero attached hydrogens (tertiary/aromatic N) is 1. The minimum Gasteiger partial charge on any atom is -0.491 e. The summed E-state index contributed by atoms with van der Waals surface area (Å²) in [7, 11) is -3.36. The third-order valence-electron chi connectivity index (χ3n) is 10.8. The van der Waals surface area contributed by atoms with Crippen LogP contribution in [0, 0.1) is 0 Å². The molecule has 0 saturated heterocycles. The number of carbonyl (C=O) groups is 3. The maximum Gasteiger partial charge on any atom is 0.303 e. The van der Waals surface area contributed by atoms with E-state index in [2.05, 4.69) is 0 Å². The smallest absolute Gasteiger partial charge is 0.303 e. The molecule has 3 N–H and O–H groups in total. The van der Waals surface area contributed by atoms with Crippen LogP contribution in [0.5, 0.6) is 28.7 Å². The highest BCUT2D eigenvalue weighted by Gasteiger charge is 2.37. The molecule has 1 heterocycles. The van der Waals surface area contributed by atoms with Gasteiger partial charge in [0.25, 0.3) is 5.91 Å². The predicted octanol–water partition coefficient (Wildman–Crippen LogP) is 7.46. The minimum absolute atomic E-state index is 0.0757. The Morgan fingerprint density at radius 2 is 1.33 bits per heavy atom. The fourth-order valence-corrected chi connectivity index (χ4v) is 8.08. The molecule has 6 aromatic carbocycles. The highest BCUT2D eigenvalue weighted by molar-refractivity contribution is 7.90. The van der Waals surface area contributed by atoms with Gasteiger partial charge >= 0.3 is 5.97 Å². The van der Waals surface area contributed by atoms with E-state index in [4.69, 9.17) is 44.0 Å². The van der Waals surface area contributed by atoms with E-state index in [1.165, 1.54) is 11.2 Å². The molecular weight excluding hydrogens is 881 g/mol. The van der Waals surface area contributed by atoms with Crippen LogP contribution in [-0.2, 0) is 46.8 Å². The first-order valence-electron chi connectivity index (χ1n) is 21.7. The van der Waals surface area contributed by atoms with E-state index in [-0.39, 0.29) is 37.5 Å². The Labute approximate surface area is 388 Å². The number of carboxylic acids is 1. The number of rotatable bonds is 26. The number of nitrogens with two attached hydrogens (primary N) is 1. The number of ether oxygens (including phenoxy) is 7. The second kappa shape index (κ2) is 23.0. The summed E-state index contributed by atoms with van der Waals surface area (Å²) in [6.45, 7) is 3.10. The molecule has 0 bridgehead atoms. The molecule has 1 atom stereocenters. The van der Waals surface area contributed by atoms with Crippen LogP contribution in [0.4, 0.5) is 0 Å². The van der Waals surface area contributed by atoms with Gasteiger partial charge in [0.2, 0.25) is 5.91 Å². The zero-order valence-electron chi connectivity index (χ0n) is 37.0. The number of hydrogen-bond acceptors (Lipinski definition) is 12. The quantitative estimate of drug-likeness (QED) is 0.0509. The van der Waals surface area contributed by atoms with E-state index >= 15 is 0 Å². The average Bonchev–Trinajstić information content (AvgIpc) is 3.66. The molecule has 16 heteroatoms. The standard InChI is InChI=1S/C51H52N2O13S/c1-67(58,59)41-18-10-36(11-19-41)42-20-12-37-32-40(65-34-35-6-3-2-4-7-35)17-21-43(37)49(42)66-39-15-13-38(14-16-39)63-30-28-61-26-24-60-25-27-62-29-31-64-47-9-5-8-44-45(47)33-53(51(44)57)46(50(52)56)22-23-48(54)55/h2-21,32,46H,22-31,33-34H2,1H3,(H2,52,56)(H,54,55)/t46-/m0/s1. The van der Waals surface area contributed by atoms with Crippen LogP contribution >= 0.6 is 0 Å². The molecule has 0 fully saturated rings. The third-order valence-corrected chi connectivity index (χ3v) is 12.0. The summed E-state index contributed by atoms with van der Waals surface area (Å²) < 4.78 is 65.7. The number of hydrogen-bond donors (Lipinski definition) is 2. The molecule has 15 nitrogen and oxygen atoms in total. The van der Waals surface area contributed by atoms with Gasteiger partial charge in [0.05, 0.1) is 51.1 Å². The molecule has 0 spiro atoms. The van der Waals surface area contributed by atoms with Crippen molar-refractivity contribution in [2.24, 2.45) is 5.73 Å². The lowest BCUT2D eigenvalue weighted by atomic mass is 9.99. The zero-order valence-corrected chi connectivity index (χ0v) is 37.8. The number of carboxylic acid groups (broad SMARTS) is 1. The molecule has 67 heavy (non-hydrogen) atoms. The summed E-state index contributed by atoms with van der Waals surface area (Å²) in [5.74, 6) is 0.793. The molecule has 0 saturated carbocycles. The molecule has 0 aromatic heterocycles. The van der Waals surface area contributed by atoms with Gasteiger partial charge in [-0.15, -0.1) is 0 Å². The van der Waals surface area contributed by atoms with Gasteiger partial charge in [0.15, 0.2) is 9.84 Å². The van der Waals surface area contributed by atoms with Crippen LogP contribution in [0.1, 0.15) is 34.3 Å². The van der Waals surface area contributed by atoms with Crippen molar-refractivity contribution < 1.29 is 61.1 Å². The Morgan fingerprint density at radius 3 is 1.99 bits per heavy atom. The summed E-state index contributed by atoms with van der Waals surface area (Å²) in [4.78, 5) is 37.6. The number of primary amides is 1. The van der Waals surface area contributed by atoms with Gasteiger partial charge in [-0.05, 0) is 95.7 Å². The number of sulfone groups is 1. The molecule has 2 amide bonds. The van der Waals surface area contributed by atoms with E-state index in [1.54, 1.807) is 42.5 Å². The van der Waals surface area contributed by atoms with Crippen LogP contribution in [0.2, 0.25) is 0 Å². The van der Waals surface area contributed by atoms with Crippen molar-refractivity contribution >= 4 is 38.4 Å². The number of carbonyl (C=O) groups excluding carboxylic acids is 2. The maximum atomic E-state index is 13.0. The molecule has 0 radical (unpaired) electrons. The van der Waals surface area contributed by atoms with Crippen LogP contribution < -0.4 is 24.7 Å². The van der Waals surface area contributed by atoms with Gasteiger partial charge in [-0.3, -0.25) is 14.4 Å².